The van der Waals surface area contributed by atoms with Crippen molar-refractivity contribution in [1.29, 1.82) is 0 Å². The van der Waals surface area contributed by atoms with Gasteiger partial charge < -0.3 is 9.84 Å². The van der Waals surface area contributed by atoms with Crippen molar-refractivity contribution in [2.24, 2.45) is 0 Å². The third-order valence-corrected chi connectivity index (χ3v) is 7.01. The average molecular weight is 296 g/mol. The summed E-state index contributed by atoms with van der Waals surface area (Å²) < 4.78 is 5.83. The molecule has 2 aliphatic heterocycles. The Morgan fingerprint density at radius 3 is 3.00 bits per heavy atom. The van der Waals surface area contributed by atoms with Crippen molar-refractivity contribution in [3.05, 3.63) is 29.3 Å². The summed E-state index contributed by atoms with van der Waals surface area (Å²) >= 11 is 3.86. The highest BCUT2D eigenvalue weighted by atomic mass is 32.2. The van der Waals surface area contributed by atoms with Crippen LogP contribution in [-0.2, 0) is 6.42 Å². The summed E-state index contributed by atoms with van der Waals surface area (Å²) in [5.74, 6) is 3.27. The molecule has 2 heterocycles. The summed E-state index contributed by atoms with van der Waals surface area (Å²) in [6.07, 6.45) is 1.73. The number of thioether (sulfide) groups is 2. The first-order valence-electron chi connectivity index (χ1n) is 6.93. The summed E-state index contributed by atoms with van der Waals surface area (Å²) in [6, 6.07) is 6.20. The Morgan fingerprint density at radius 1 is 1.32 bits per heavy atom. The molecule has 1 saturated heterocycles. The molecule has 2 aliphatic rings. The second-order valence-electron chi connectivity index (χ2n) is 5.14. The summed E-state index contributed by atoms with van der Waals surface area (Å²) in [5, 5.41) is 11.5. The molecule has 1 N–H and O–H groups in total. The molecule has 2 nitrogen and oxygen atoms in total. The van der Waals surface area contributed by atoms with Crippen LogP contribution in [0.5, 0.6) is 5.75 Å². The molecular formula is C15H20O2S2. The van der Waals surface area contributed by atoms with Crippen LogP contribution in [0.4, 0.5) is 0 Å². The SMILES string of the molecule is CC1SCCSC1C(O)c1cccc2c1OCCC2. The number of rotatable bonds is 2. The number of ether oxygens (including phenoxy) is 1. The van der Waals surface area contributed by atoms with Crippen LogP contribution in [0.15, 0.2) is 18.2 Å². The average Bonchev–Trinajstić information content (AvgIpc) is 2.46. The number of aliphatic hydroxyl groups is 1. The minimum absolute atomic E-state index is 0.274. The van der Waals surface area contributed by atoms with Crippen LogP contribution in [-0.4, -0.2) is 33.7 Å². The van der Waals surface area contributed by atoms with Crippen LogP contribution in [0, 0.1) is 0 Å². The summed E-state index contributed by atoms with van der Waals surface area (Å²) in [5.41, 5.74) is 2.24. The van der Waals surface area contributed by atoms with E-state index < -0.39 is 6.10 Å². The second-order valence-corrected chi connectivity index (χ2v) is 7.91. The van der Waals surface area contributed by atoms with Crippen LogP contribution in [0.25, 0.3) is 0 Å². The van der Waals surface area contributed by atoms with Gasteiger partial charge in [-0.25, -0.2) is 0 Å². The number of benzene rings is 1. The van der Waals surface area contributed by atoms with Crippen LogP contribution in [0.3, 0.4) is 0 Å². The van der Waals surface area contributed by atoms with Gasteiger partial charge in [0.15, 0.2) is 0 Å². The lowest BCUT2D eigenvalue weighted by Gasteiger charge is -2.33. The van der Waals surface area contributed by atoms with E-state index in [4.69, 9.17) is 4.74 Å². The highest BCUT2D eigenvalue weighted by Gasteiger charge is 2.32. The Balaban J connectivity index is 1.88. The van der Waals surface area contributed by atoms with Gasteiger partial charge in [0.2, 0.25) is 0 Å². The first kappa shape index (κ1) is 13.7. The Bertz CT molecular complexity index is 450. The fourth-order valence-corrected chi connectivity index (χ4v) is 5.64. The Morgan fingerprint density at radius 2 is 2.16 bits per heavy atom. The second kappa shape index (κ2) is 5.98. The molecule has 0 aliphatic carbocycles. The smallest absolute Gasteiger partial charge is 0.128 e. The maximum absolute atomic E-state index is 10.8. The molecule has 1 aromatic rings. The Hall–Kier alpha value is -0.320. The van der Waals surface area contributed by atoms with Gasteiger partial charge in [-0.15, -0.1) is 0 Å². The third-order valence-electron chi connectivity index (χ3n) is 3.83. The van der Waals surface area contributed by atoms with Crippen molar-refractivity contribution in [3.63, 3.8) is 0 Å². The molecule has 104 valence electrons. The summed E-state index contributed by atoms with van der Waals surface area (Å²) in [4.78, 5) is 0. The van der Waals surface area contributed by atoms with Gasteiger partial charge in [-0.2, -0.15) is 23.5 Å². The molecule has 3 unspecified atom stereocenters. The van der Waals surface area contributed by atoms with Gasteiger partial charge in [0, 0.05) is 27.6 Å². The number of hydrogen-bond donors (Lipinski definition) is 1. The maximum atomic E-state index is 10.8. The van der Waals surface area contributed by atoms with Crippen molar-refractivity contribution in [2.45, 2.75) is 36.4 Å². The molecule has 1 fully saturated rings. The molecular weight excluding hydrogens is 276 g/mol. The molecule has 0 amide bonds. The monoisotopic (exact) mass is 296 g/mol. The van der Waals surface area contributed by atoms with E-state index in [1.54, 1.807) is 0 Å². The third kappa shape index (κ3) is 2.76. The molecule has 19 heavy (non-hydrogen) atoms. The van der Waals surface area contributed by atoms with Gasteiger partial charge in [-0.05, 0) is 18.4 Å². The lowest BCUT2D eigenvalue weighted by molar-refractivity contribution is 0.165. The zero-order valence-corrected chi connectivity index (χ0v) is 12.8. The van der Waals surface area contributed by atoms with Crippen molar-refractivity contribution in [1.82, 2.24) is 0 Å². The van der Waals surface area contributed by atoms with E-state index >= 15 is 0 Å². The van der Waals surface area contributed by atoms with E-state index in [9.17, 15) is 5.11 Å². The highest BCUT2D eigenvalue weighted by Crippen LogP contribution is 2.42. The normalized spacial score (nSPS) is 28.3. The predicted molar refractivity (Wildman–Crippen MR) is 83.4 cm³/mol. The lowest BCUT2D eigenvalue weighted by Crippen LogP contribution is -2.30. The number of fused-ring (bicyclic) bond motifs is 1. The Kier molecular flexibility index (Phi) is 4.30. The molecule has 0 saturated carbocycles. The number of para-hydroxylation sites is 1. The quantitative estimate of drug-likeness (QED) is 0.907. The molecule has 0 aromatic heterocycles. The number of aliphatic hydroxyl groups excluding tert-OH is 1. The predicted octanol–water partition coefficient (Wildman–Crippen LogP) is 3.28. The Labute approximate surface area is 123 Å². The van der Waals surface area contributed by atoms with Crippen LogP contribution in [0.1, 0.15) is 30.6 Å². The molecule has 0 radical (unpaired) electrons. The van der Waals surface area contributed by atoms with Gasteiger partial charge in [0.1, 0.15) is 5.75 Å². The van der Waals surface area contributed by atoms with Gasteiger partial charge in [0.05, 0.1) is 12.7 Å². The largest absolute Gasteiger partial charge is 0.493 e. The first-order valence-corrected chi connectivity index (χ1v) is 9.03. The van der Waals surface area contributed by atoms with E-state index in [0.717, 1.165) is 36.5 Å². The van der Waals surface area contributed by atoms with Crippen LogP contribution in [0.2, 0.25) is 0 Å². The van der Waals surface area contributed by atoms with E-state index in [-0.39, 0.29) is 5.25 Å². The van der Waals surface area contributed by atoms with Crippen molar-refractivity contribution in [3.8, 4) is 5.75 Å². The highest BCUT2D eigenvalue weighted by molar-refractivity contribution is 8.07. The summed E-state index contributed by atoms with van der Waals surface area (Å²) in [6.45, 7) is 3.00. The van der Waals surface area contributed by atoms with Gasteiger partial charge in [-0.1, -0.05) is 25.1 Å². The fraction of sp³-hybridized carbons (Fsp3) is 0.600. The van der Waals surface area contributed by atoms with Crippen LogP contribution < -0.4 is 4.74 Å². The zero-order chi connectivity index (χ0) is 13.2. The standard InChI is InChI=1S/C15H20O2S2/c1-10-15(19-9-8-18-10)13(16)12-6-2-4-11-5-3-7-17-14(11)12/h2,4,6,10,13,15-16H,3,5,7-9H2,1H3. The van der Waals surface area contributed by atoms with Crippen LogP contribution >= 0.6 is 23.5 Å². The number of aryl methyl sites for hydroxylation is 1. The van der Waals surface area contributed by atoms with E-state index in [0.29, 0.717) is 5.25 Å². The molecule has 3 rings (SSSR count). The van der Waals surface area contributed by atoms with Gasteiger partial charge in [-0.3, -0.25) is 0 Å². The van der Waals surface area contributed by atoms with Crippen molar-refractivity contribution in [2.75, 3.05) is 18.1 Å². The van der Waals surface area contributed by atoms with Gasteiger partial charge in [0.25, 0.3) is 0 Å². The van der Waals surface area contributed by atoms with E-state index in [1.165, 1.54) is 11.3 Å². The van der Waals surface area contributed by atoms with E-state index in [2.05, 4.69) is 19.1 Å². The molecule has 0 spiro atoms. The molecule has 3 atom stereocenters. The fourth-order valence-electron chi connectivity index (χ4n) is 2.82. The molecule has 4 heteroatoms. The number of hydrogen-bond acceptors (Lipinski definition) is 4. The van der Waals surface area contributed by atoms with Gasteiger partial charge >= 0.3 is 0 Å². The maximum Gasteiger partial charge on any atom is 0.128 e. The minimum atomic E-state index is -0.416. The minimum Gasteiger partial charge on any atom is -0.493 e. The summed E-state index contributed by atoms with van der Waals surface area (Å²) in [7, 11) is 0. The van der Waals surface area contributed by atoms with Crippen molar-refractivity contribution >= 4 is 23.5 Å². The molecule has 1 aromatic carbocycles. The van der Waals surface area contributed by atoms with Crippen molar-refractivity contribution < 1.29 is 9.84 Å². The lowest BCUT2D eigenvalue weighted by atomic mass is 9.97. The zero-order valence-electron chi connectivity index (χ0n) is 11.2. The first-order chi connectivity index (χ1) is 9.27. The van der Waals surface area contributed by atoms with E-state index in [1.807, 2.05) is 29.6 Å². The topological polar surface area (TPSA) is 29.5 Å². The molecule has 0 bridgehead atoms.